The smallest absolute Gasteiger partial charge is 0.222 e. The Balaban J connectivity index is 1.36. The Morgan fingerprint density at radius 1 is 1.16 bits per heavy atom. The molecule has 3 heterocycles. The standard InChI is InChI=1S/C25H30N4O2/c1-19-16-27-25(22-11-13-26-14-12-22)29(19)18-21-4-3-15-28(17-21)24(30)10-7-20-5-8-23(31-2)9-6-20/h5-6,8-9,11-14,16,21H,3-4,7,10,15,17-18H2,1-2H3. The van der Waals surface area contributed by atoms with Gasteiger partial charge in [-0.05, 0) is 61.9 Å². The number of nitrogens with zero attached hydrogens (tertiary/aromatic N) is 4. The van der Waals surface area contributed by atoms with Gasteiger partial charge in [-0.2, -0.15) is 0 Å². The Bertz CT molecular complexity index is 998. The summed E-state index contributed by atoms with van der Waals surface area (Å²) in [7, 11) is 1.66. The Morgan fingerprint density at radius 2 is 1.94 bits per heavy atom. The minimum absolute atomic E-state index is 0.247. The predicted molar refractivity (Wildman–Crippen MR) is 121 cm³/mol. The molecule has 0 bridgehead atoms. The first-order valence-corrected chi connectivity index (χ1v) is 11.0. The summed E-state index contributed by atoms with van der Waals surface area (Å²) >= 11 is 0. The molecule has 1 aliphatic heterocycles. The maximum atomic E-state index is 12.9. The lowest BCUT2D eigenvalue weighted by Gasteiger charge is -2.33. The molecule has 3 aromatic rings. The van der Waals surface area contributed by atoms with E-state index in [2.05, 4.69) is 26.4 Å². The number of methoxy groups -OCH3 is 1. The normalized spacial score (nSPS) is 16.3. The van der Waals surface area contributed by atoms with Crippen molar-refractivity contribution >= 4 is 5.91 Å². The van der Waals surface area contributed by atoms with E-state index in [1.807, 2.05) is 42.6 Å². The molecule has 0 radical (unpaired) electrons. The van der Waals surface area contributed by atoms with E-state index >= 15 is 0 Å². The molecule has 6 nitrogen and oxygen atoms in total. The molecule has 31 heavy (non-hydrogen) atoms. The minimum Gasteiger partial charge on any atom is -0.497 e. The van der Waals surface area contributed by atoms with Gasteiger partial charge in [0.05, 0.1) is 7.11 Å². The monoisotopic (exact) mass is 418 g/mol. The Morgan fingerprint density at radius 3 is 2.68 bits per heavy atom. The second kappa shape index (κ2) is 9.77. The minimum atomic E-state index is 0.247. The highest BCUT2D eigenvalue weighted by Crippen LogP contribution is 2.25. The third-order valence-corrected chi connectivity index (χ3v) is 6.09. The number of carbonyl (C=O) groups is 1. The number of rotatable bonds is 7. The molecule has 1 aromatic carbocycles. The zero-order valence-electron chi connectivity index (χ0n) is 18.3. The SMILES string of the molecule is COc1ccc(CCC(=O)N2CCCC(Cn3c(C)cnc3-c3ccncc3)C2)cc1. The first kappa shape index (κ1) is 21.1. The third kappa shape index (κ3) is 5.13. The van der Waals surface area contributed by atoms with E-state index in [0.29, 0.717) is 12.3 Å². The van der Waals surface area contributed by atoms with Gasteiger partial charge in [-0.15, -0.1) is 0 Å². The average molecular weight is 419 g/mol. The van der Waals surface area contributed by atoms with Crippen molar-refractivity contribution in [2.45, 2.75) is 39.2 Å². The van der Waals surface area contributed by atoms with Crippen molar-refractivity contribution < 1.29 is 9.53 Å². The summed E-state index contributed by atoms with van der Waals surface area (Å²) in [5.41, 5.74) is 3.39. The van der Waals surface area contributed by atoms with Crippen LogP contribution in [0.4, 0.5) is 0 Å². The highest BCUT2D eigenvalue weighted by Gasteiger charge is 2.25. The van der Waals surface area contributed by atoms with Crippen LogP contribution in [-0.2, 0) is 17.8 Å². The van der Waals surface area contributed by atoms with E-state index in [1.54, 1.807) is 19.5 Å². The quantitative estimate of drug-likeness (QED) is 0.579. The highest BCUT2D eigenvalue weighted by molar-refractivity contribution is 5.76. The number of pyridine rings is 1. The number of imidazole rings is 1. The molecule has 1 fully saturated rings. The van der Waals surface area contributed by atoms with Crippen molar-refractivity contribution in [3.63, 3.8) is 0 Å². The van der Waals surface area contributed by atoms with Crippen molar-refractivity contribution in [2.75, 3.05) is 20.2 Å². The summed E-state index contributed by atoms with van der Waals surface area (Å²) in [4.78, 5) is 23.7. The first-order chi connectivity index (χ1) is 15.1. The average Bonchev–Trinajstić information content (AvgIpc) is 3.18. The van der Waals surface area contributed by atoms with Gasteiger partial charge in [0.2, 0.25) is 5.91 Å². The fraction of sp³-hybridized carbons (Fsp3) is 0.400. The van der Waals surface area contributed by atoms with E-state index in [9.17, 15) is 4.79 Å². The van der Waals surface area contributed by atoms with Crippen LogP contribution in [-0.4, -0.2) is 45.5 Å². The molecule has 2 aromatic heterocycles. The van der Waals surface area contributed by atoms with Gasteiger partial charge in [0.25, 0.3) is 0 Å². The summed E-state index contributed by atoms with van der Waals surface area (Å²) in [5, 5.41) is 0. The number of piperidine rings is 1. The summed E-state index contributed by atoms with van der Waals surface area (Å²) in [6.45, 7) is 4.65. The van der Waals surface area contributed by atoms with Crippen molar-refractivity contribution in [1.82, 2.24) is 19.4 Å². The van der Waals surface area contributed by atoms with Crippen molar-refractivity contribution in [3.8, 4) is 17.1 Å². The number of benzene rings is 1. The number of hydrogen-bond acceptors (Lipinski definition) is 4. The molecule has 0 aliphatic carbocycles. The molecule has 1 amide bonds. The topological polar surface area (TPSA) is 60.2 Å². The largest absolute Gasteiger partial charge is 0.497 e. The number of aryl methyl sites for hydroxylation is 2. The maximum absolute atomic E-state index is 12.9. The van der Waals surface area contributed by atoms with Crippen LogP contribution in [0.2, 0.25) is 0 Å². The molecule has 0 spiro atoms. The van der Waals surface area contributed by atoms with Crippen molar-refractivity contribution in [2.24, 2.45) is 5.92 Å². The Labute approximate surface area is 183 Å². The molecule has 1 unspecified atom stereocenters. The Hall–Kier alpha value is -3.15. The van der Waals surface area contributed by atoms with Gasteiger partial charge < -0.3 is 14.2 Å². The molecule has 0 N–H and O–H groups in total. The van der Waals surface area contributed by atoms with Crippen LogP contribution in [0.25, 0.3) is 11.4 Å². The molecule has 1 aliphatic rings. The van der Waals surface area contributed by atoms with E-state index in [4.69, 9.17) is 4.74 Å². The van der Waals surface area contributed by atoms with Gasteiger partial charge in [0, 0.05) is 55.9 Å². The lowest BCUT2D eigenvalue weighted by molar-refractivity contribution is -0.133. The van der Waals surface area contributed by atoms with E-state index < -0.39 is 0 Å². The van der Waals surface area contributed by atoms with Gasteiger partial charge in [0.15, 0.2) is 0 Å². The van der Waals surface area contributed by atoms with Crippen LogP contribution in [0.5, 0.6) is 5.75 Å². The van der Waals surface area contributed by atoms with Crippen LogP contribution in [0.3, 0.4) is 0 Å². The second-order valence-electron chi connectivity index (χ2n) is 8.27. The lowest BCUT2D eigenvalue weighted by atomic mass is 9.97. The van der Waals surface area contributed by atoms with Crippen molar-refractivity contribution in [1.29, 1.82) is 0 Å². The van der Waals surface area contributed by atoms with E-state index in [0.717, 1.165) is 61.7 Å². The van der Waals surface area contributed by atoms with Gasteiger partial charge in [-0.1, -0.05) is 12.1 Å². The number of likely N-dealkylation sites (tertiary alicyclic amines) is 1. The van der Waals surface area contributed by atoms with E-state index in [-0.39, 0.29) is 5.91 Å². The lowest BCUT2D eigenvalue weighted by Crippen LogP contribution is -2.41. The number of hydrogen-bond donors (Lipinski definition) is 0. The van der Waals surface area contributed by atoms with Crippen molar-refractivity contribution in [3.05, 3.63) is 66.2 Å². The van der Waals surface area contributed by atoms with Gasteiger partial charge in [-0.3, -0.25) is 9.78 Å². The molecule has 1 saturated heterocycles. The van der Waals surface area contributed by atoms with E-state index in [1.165, 1.54) is 5.56 Å². The number of ether oxygens (including phenoxy) is 1. The third-order valence-electron chi connectivity index (χ3n) is 6.09. The summed E-state index contributed by atoms with van der Waals surface area (Å²) in [6.07, 6.45) is 9.02. The van der Waals surface area contributed by atoms with Crippen LogP contribution in [0.1, 0.15) is 30.5 Å². The molecule has 162 valence electrons. The summed E-state index contributed by atoms with van der Waals surface area (Å²) in [5.74, 6) is 2.50. The van der Waals surface area contributed by atoms with Gasteiger partial charge >= 0.3 is 0 Å². The number of carbonyl (C=O) groups excluding carboxylic acids is 1. The van der Waals surface area contributed by atoms with Gasteiger partial charge in [-0.25, -0.2) is 4.98 Å². The zero-order valence-corrected chi connectivity index (χ0v) is 18.3. The molecule has 0 saturated carbocycles. The fourth-order valence-corrected chi connectivity index (χ4v) is 4.32. The fourth-order valence-electron chi connectivity index (χ4n) is 4.32. The summed E-state index contributed by atoms with van der Waals surface area (Å²) in [6, 6.07) is 12.0. The first-order valence-electron chi connectivity index (χ1n) is 11.0. The molecular weight excluding hydrogens is 388 g/mol. The van der Waals surface area contributed by atoms with Crippen LogP contribution in [0.15, 0.2) is 55.0 Å². The second-order valence-corrected chi connectivity index (χ2v) is 8.27. The highest BCUT2D eigenvalue weighted by atomic mass is 16.5. The molecular formula is C25H30N4O2. The molecule has 6 heteroatoms. The summed E-state index contributed by atoms with van der Waals surface area (Å²) < 4.78 is 7.49. The van der Waals surface area contributed by atoms with Crippen LogP contribution < -0.4 is 4.74 Å². The van der Waals surface area contributed by atoms with Gasteiger partial charge in [0.1, 0.15) is 11.6 Å². The molecule has 1 atom stereocenters. The van der Waals surface area contributed by atoms with Crippen LogP contribution in [0, 0.1) is 12.8 Å². The number of aromatic nitrogens is 3. The predicted octanol–water partition coefficient (Wildman–Crippen LogP) is 4.13. The molecule has 4 rings (SSSR count). The number of amides is 1. The zero-order chi connectivity index (χ0) is 21.6. The van der Waals surface area contributed by atoms with Crippen LogP contribution >= 0.6 is 0 Å². The maximum Gasteiger partial charge on any atom is 0.222 e. The Kier molecular flexibility index (Phi) is 6.65.